The SMILES string of the molecule is Nc1ccc(SCc2ccc(C(=O)O)s2)c(Br)c1. The molecule has 1 aromatic heterocycles. The summed E-state index contributed by atoms with van der Waals surface area (Å²) in [5.41, 5.74) is 6.39. The molecule has 0 fully saturated rings. The summed E-state index contributed by atoms with van der Waals surface area (Å²) < 4.78 is 0.961. The van der Waals surface area contributed by atoms with Crippen LogP contribution in [0.15, 0.2) is 39.7 Å². The number of anilines is 1. The van der Waals surface area contributed by atoms with Crippen molar-refractivity contribution in [2.24, 2.45) is 0 Å². The van der Waals surface area contributed by atoms with E-state index < -0.39 is 5.97 Å². The molecule has 0 spiro atoms. The zero-order valence-electron chi connectivity index (χ0n) is 9.22. The summed E-state index contributed by atoms with van der Waals surface area (Å²) in [4.78, 5) is 13.3. The highest BCUT2D eigenvalue weighted by Gasteiger charge is 2.08. The Morgan fingerprint density at radius 2 is 2.17 bits per heavy atom. The first-order valence-electron chi connectivity index (χ1n) is 5.06. The molecular weight excluding hydrogens is 334 g/mol. The Kier molecular flexibility index (Phi) is 4.31. The van der Waals surface area contributed by atoms with Gasteiger partial charge in [0, 0.05) is 25.7 Å². The van der Waals surface area contributed by atoms with Crippen molar-refractivity contribution in [1.82, 2.24) is 0 Å². The van der Waals surface area contributed by atoms with Crippen LogP contribution in [0.5, 0.6) is 0 Å². The van der Waals surface area contributed by atoms with Gasteiger partial charge in [-0.25, -0.2) is 4.79 Å². The molecule has 1 heterocycles. The zero-order chi connectivity index (χ0) is 13.1. The lowest BCUT2D eigenvalue weighted by Crippen LogP contribution is -1.89. The summed E-state index contributed by atoms with van der Waals surface area (Å²) in [7, 11) is 0. The van der Waals surface area contributed by atoms with E-state index >= 15 is 0 Å². The molecule has 0 aliphatic rings. The molecule has 0 saturated carbocycles. The minimum Gasteiger partial charge on any atom is -0.477 e. The number of carbonyl (C=O) groups is 1. The molecule has 0 amide bonds. The Labute approximate surface area is 121 Å². The highest BCUT2D eigenvalue weighted by molar-refractivity contribution is 9.10. The predicted octanol–water partition coefficient (Wildman–Crippen LogP) is 4.08. The molecule has 0 aliphatic heterocycles. The van der Waals surface area contributed by atoms with E-state index in [9.17, 15) is 4.79 Å². The fourth-order valence-electron chi connectivity index (χ4n) is 1.35. The second kappa shape index (κ2) is 5.77. The lowest BCUT2D eigenvalue weighted by Gasteiger charge is -2.04. The zero-order valence-corrected chi connectivity index (χ0v) is 12.4. The Hall–Kier alpha value is -0.980. The molecule has 1 aromatic carbocycles. The first-order valence-corrected chi connectivity index (χ1v) is 7.65. The van der Waals surface area contributed by atoms with Gasteiger partial charge >= 0.3 is 5.97 Å². The van der Waals surface area contributed by atoms with Crippen LogP contribution in [-0.4, -0.2) is 11.1 Å². The van der Waals surface area contributed by atoms with Crippen LogP contribution in [0.3, 0.4) is 0 Å². The van der Waals surface area contributed by atoms with Gasteiger partial charge in [-0.05, 0) is 46.3 Å². The van der Waals surface area contributed by atoms with Gasteiger partial charge in [0.2, 0.25) is 0 Å². The van der Waals surface area contributed by atoms with Crippen molar-refractivity contribution in [3.63, 3.8) is 0 Å². The maximum atomic E-state index is 10.8. The van der Waals surface area contributed by atoms with E-state index in [1.54, 1.807) is 17.8 Å². The van der Waals surface area contributed by atoms with E-state index in [0.717, 1.165) is 25.7 Å². The highest BCUT2D eigenvalue weighted by Crippen LogP contribution is 2.33. The van der Waals surface area contributed by atoms with Crippen molar-refractivity contribution in [2.75, 3.05) is 5.73 Å². The average Bonchev–Trinajstić information content (AvgIpc) is 2.76. The van der Waals surface area contributed by atoms with Gasteiger partial charge < -0.3 is 10.8 Å². The summed E-state index contributed by atoms with van der Waals surface area (Å²) in [6.45, 7) is 0. The van der Waals surface area contributed by atoms with Crippen LogP contribution >= 0.6 is 39.0 Å². The molecule has 0 unspecified atom stereocenters. The maximum absolute atomic E-state index is 10.8. The van der Waals surface area contributed by atoms with Gasteiger partial charge in [-0.3, -0.25) is 0 Å². The number of carboxylic acids is 1. The summed E-state index contributed by atoms with van der Waals surface area (Å²) in [6.07, 6.45) is 0. The van der Waals surface area contributed by atoms with E-state index in [-0.39, 0.29) is 0 Å². The van der Waals surface area contributed by atoms with Gasteiger partial charge in [-0.2, -0.15) is 0 Å². The van der Waals surface area contributed by atoms with E-state index in [1.165, 1.54) is 11.3 Å². The lowest BCUT2D eigenvalue weighted by atomic mass is 10.3. The number of rotatable bonds is 4. The number of thiophene rings is 1. The molecule has 0 radical (unpaired) electrons. The number of hydrogen-bond acceptors (Lipinski definition) is 4. The smallest absolute Gasteiger partial charge is 0.345 e. The Morgan fingerprint density at radius 3 is 2.78 bits per heavy atom. The van der Waals surface area contributed by atoms with Crippen molar-refractivity contribution in [1.29, 1.82) is 0 Å². The molecule has 18 heavy (non-hydrogen) atoms. The van der Waals surface area contributed by atoms with Crippen LogP contribution in [0.1, 0.15) is 14.5 Å². The molecule has 94 valence electrons. The third-order valence-corrected chi connectivity index (χ3v) is 5.50. The van der Waals surface area contributed by atoms with E-state index in [1.807, 2.05) is 24.3 Å². The average molecular weight is 344 g/mol. The van der Waals surface area contributed by atoms with Gasteiger partial charge in [0.1, 0.15) is 4.88 Å². The number of aromatic carboxylic acids is 1. The fraction of sp³-hybridized carbons (Fsp3) is 0.0833. The molecule has 2 rings (SSSR count). The van der Waals surface area contributed by atoms with Gasteiger partial charge in [0.05, 0.1) is 0 Å². The third-order valence-electron chi connectivity index (χ3n) is 2.20. The number of nitrogen functional groups attached to an aromatic ring is 1. The number of thioether (sulfide) groups is 1. The Morgan fingerprint density at radius 1 is 1.39 bits per heavy atom. The second-order valence-electron chi connectivity index (χ2n) is 3.55. The minimum atomic E-state index is -0.870. The van der Waals surface area contributed by atoms with Crippen molar-refractivity contribution in [3.8, 4) is 0 Å². The van der Waals surface area contributed by atoms with Crippen molar-refractivity contribution in [2.45, 2.75) is 10.6 Å². The molecule has 0 bridgehead atoms. The van der Waals surface area contributed by atoms with Crippen LogP contribution in [0, 0.1) is 0 Å². The molecule has 3 N–H and O–H groups in total. The standard InChI is InChI=1S/C12H10BrNO2S2/c13-9-5-7(14)1-3-10(9)17-6-8-2-4-11(18-8)12(15)16/h1-5H,6,14H2,(H,15,16). The van der Waals surface area contributed by atoms with Crippen LogP contribution in [0.25, 0.3) is 0 Å². The van der Waals surface area contributed by atoms with Gasteiger partial charge in [-0.1, -0.05) is 0 Å². The minimum absolute atomic E-state index is 0.377. The largest absolute Gasteiger partial charge is 0.477 e. The molecule has 0 aliphatic carbocycles. The second-order valence-corrected chi connectivity index (χ2v) is 6.59. The van der Waals surface area contributed by atoms with E-state index in [0.29, 0.717) is 4.88 Å². The molecular formula is C12H10BrNO2S2. The molecule has 2 aromatic rings. The summed E-state index contributed by atoms with van der Waals surface area (Å²) in [5.74, 6) is -0.120. The van der Waals surface area contributed by atoms with Gasteiger partial charge in [0.15, 0.2) is 0 Å². The molecule has 6 heteroatoms. The molecule has 3 nitrogen and oxygen atoms in total. The molecule has 0 saturated heterocycles. The number of nitrogens with two attached hydrogens (primary N) is 1. The van der Waals surface area contributed by atoms with E-state index in [2.05, 4.69) is 15.9 Å². The van der Waals surface area contributed by atoms with Gasteiger partial charge in [-0.15, -0.1) is 23.1 Å². The van der Waals surface area contributed by atoms with Crippen LogP contribution < -0.4 is 5.73 Å². The maximum Gasteiger partial charge on any atom is 0.345 e. The lowest BCUT2D eigenvalue weighted by molar-refractivity contribution is 0.0702. The monoisotopic (exact) mass is 343 g/mol. The van der Waals surface area contributed by atoms with Crippen molar-refractivity contribution >= 4 is 50.7 Å². The molecule has 0 atom stereocenters. The Balaban J connectivity index is 2.04. The predicted molar refractivity (Wildman–Crippen MR) is 79.4 cm³/mol. The summed E-state index contributed by atoms with van der Waals surface area (Å²) >= 11 is 6.42. The highest BCUT2D eigenvalue weighted by atomic mass is 79.9. The third kappa shape index (κ3) is 3.28. The van der Waals surface area contributed by atoms with E-state index in [4.69, 9.17) is 10.8 Å². The quantitative estimate of drug-likeness (QED) is 0.648. The summed E-state index contributed by atoms with van der Waals surface area (Å²) in [5, 5.41) is 8.84. The number of carboxylic acid groups (broad SMARTS) is 1. The first kappa shape index (κ1) is 13.5. The normalized spacial score (nSPS) is 10.5. The van der Waals surface area contributed by atoms with Crippen LogP contribution in [0.4, 0.5) is 5.69 Å². The van der Waals surface area contributed by atoms with Crippen LogP contribution in [0.2, 0.25) is 0 Å². The van der Waals surface area contributed by atoms with Crippen molar-refractivity contribution in [3.05, 3.63) is 44.6 Å². The first-order chi connectivity index (χ1) is 8.56. The number of halogens is 1. The fourth-order valence-corrected chi connectivity index (χ4v) is 3.90. The number of benzene rings is 1. The van der Waals surface area contributed by atoms with Gasteiger partial charge in [0.25, 0.3) is 0 Å². The topological polar surface area (TPSA) is 63.3 Å². The van der Waals surface area contributed by atoms with Crippen LogP contribution in [-0.2, 0) is 5.75 Å². The van der Waals surface area contributed by atoms with Crippen molar-refractivity contribution < 1.29 is 9.90 Å². The summed E-state index contributed by atoms with van der Waals surface area (Å²) in [6, 6.07) is 9.16. The Bertz CT molecular complexity index is 583. The number of hydrogen-bond donors (Lipinski definition) is 2.